The summed E-state index contributed by atoms with van der Waals surface area (Å²) in [5.74, 6) is 1.00. The molecule has 0 saturated carbocycles. The fourth-order valence-corrected chi connectivity index (χ4v) is 3.96. The van der Waals surface area contributed by atoms with Crippen molar-refractivity contribution < 1.29 is 0 Å². The van der Waals surface area contributed by atoms with Gasteiger partial charge in [0.25, 0.3) is 0 Å². The maximum atomic E-state index is 6.28. The molecule has 0 fully saturated rings. The Kier molecular flexibility index (Phi) is 7.83. The van der Waals surface area contributed by atoms with E-state index in [-0.39, 0.29) is 6.04 Å². The normalized spacial score (nSPS) is 15.8. The van der Waals surface area contributed by atoms with Crippen LogP contribution in [0.2, 0.25) is 0 Å². The van der Waals surface area contributed by atoms with Crippen molar-refractivity contribution in [3.05, 3.63) is 156 Å². The summed E-state index contributed by atoms with van der Waals surface area (Å²) in [5.41, 5.74) is 19.1. The van der Waals surface area contributed by atoms with E-state index in [1.807, 2.05) is 66.7 Å². The summed E-state index contributed by atoms with van der Waals surface area (Å²) < 4.78 is 0. The van der Waals surface area contributed by atoms with Gasteiger partial charge in [0.15, 0.2) is 0 Å². The number of rotatable bonds is 9. The SMILES string of the molecule is C=CC(=C)Nc1cccc(C2C=C(Cc3ccccc3)C=C(/N=C(N)\C=C(/N)c3ccccc3)N2)c1. The van der Waals surface area contributed by atoms with E-state index in [0.717, 1.165) is 34.5 Å². The Balaban J connectivity index is 1.64. The average molecular weight is 474 g/mol. The molecule has 0 spiro atoms. The van der Waals surface area contributed by atoms with E-state index in [2.05, 4.69) is 59.1 Å². The molecular formula is C31H31N5. The molecule has 1 atom stereocenters. The minimum atomic E-state index is -0.0885. The first-order valence-electron chi connectivity index (χ1n) is 11.8. The van der Waals surface area contributed by atoms with E-state index < -0.39 is 0 Å². The van der Waals surface area contributed by atoms with Gasteiger partial charge in [0.1, 0.15) is 11.7 Å². The topological polar surface area (TPSA) is 88.5 Å². The first-order valence-corrected chi connectivity index (χ1v) is 11.8. The third-order valence-corrected chi connectivity index (χ3v) is 5.71. The van der Waals surface area contributed by atoms with E-state index >= 15 is 0 Å². The number of allylic oxidation sites excluding steroid dienone is 3. The zero-order valence-corrected chi connectivity index (χ0v) is 20.2. The zero-order valence-electron chi connectivity index (χ0n) is 20.2. The number of nitrogens with two attached hydrogens (primary N) is 2. The van der Waals surface area contributed by atoms with Crippen LogP contribution in [-0.4, -0.2) is 5.84 Å². The van der Waals surface area contributed by atoms with Gasteiger partial charge >= 0.3 is 0 Å². The number of nitrogens with zero attached hydrogens (tertiary/aromatic N) is 1. The van der Waals surface area contributed by atoms with Gasteiger partial charge in [-0.25, -0.2) is 4.99 Å². The first-order chi connectivity index (χ1) is 17.5. The highest BCUT2D eigenvalue weighted by atomic mass is 15.1. The van der Waals surface area contributed by atoms with Crippen molar-refractivity contribution in [2.45, 2.75) is 12.5 Å². The summed E-state index contributed by atoms with van der Waals surface area (Å²) in [6.07, 6.45) is 8.41. The van der Waals surface area contributed by atoms with Crippen LogP contribution in [0.3, 0.4) is 0 Å². The lowest BCUT2D eigenvalue weighted by molar-refractivity contribution is 0.687. The molecule has 1 aliphatic rings. The van der Waals surface area contributed by atoms with Crippen LogP contribution in [-0.2, 0) is 6.42 Å². The van der Waals surface area contributed by atoms with Crippen molar-refractivity contribution in [3.63, 3.8) is 0 Å². The van der Waals surface area contributed by atoms with Gasteiger partial charge in [0, 0.05) is 23.2 Å². The lowest BCUT2D eigenvalue weighted by Gasteiger charge is -2.24. The molecule has 0 radical (unpaired) electrons. The molecule has 180 valence electrons. The van der Waals surface area contributed by atoms with E-state index in [1.165, 1.54) is 5.56 Å². The van der Waals surface area contributed by atoms with Crippen LogP contribution in [0.1, 0.15) is 22.7 Å². The van der Waals surface area contributed by atoms with Crippen molar-refractivity contribution in [1.29, 1.82) is 0 Å². The van der Waals surface area contributed by atoms with Crippen LogP contribution in [0.5, 0.6) is 0 Å². The van der Waals surface area contributed by atoms with Gasteiger partial charge in [0.2, 0.25) is 0 Å². The molecule has 1 heterocycles. The number of aliphatic imine (C=N–C) groups is 1. The van der Waals surface area contributed by atoms with Gasteiger partial charge in [-0.3, -0.25) is 0 Å². The van der Waals surface area contributed by atoms with Crippen molar-refractivity contribution in [2.75, 3.05) is 5.32 Å². The standard InChI is InChI=1S/C31H31N5/c1-3-22(2)34-27-16-10-15-26(20-27)29-18-24(17-23-11-6-4-7-12-23)19-31(35-29)36-30(33)21-28(32)25-13-8-5-9-14-25/h3-16,18-21,29,34-35H,1-2,17,32H2,(H2,33,36)/b28-21-. The molecule has 6 N–H and O–H groups in total. The number of hydrogen-bond acceptors (Lipinski definition) is 4. The predicted molar refractivity (Wildman–Crippen MR) is 152 cm³/mol. The Morgan fingerprint density at radius 3 is 2.42 bits per heavy atom. The number of amidine groups is 1. The fraction of sp³-hybridized carbons (Fsp3) is 0.0645. The monoisotopic (exact) mass is 473 g/mol. The molecule has 1 aliphatic heterocycles. The molecular weight excluding hydrogens is 442 g/mol. The van der Waals surface area contributed by atoms with E-state index in [1.54, 1.807) is 12.2 Å². The van der Waals surface area contributed by atoms with Gasteiger partial charge in [-0.2, -0.15) is 0 Å². The van der Waals surface area contributed by atoms with Crippen LogP contribution < -0.4 is 22.1 Å². The molecule has 36 heavy (non-hydrogen) atoms. The van der Waals surface area contributed by atoms with Gasteiger partial charge in [-0.15, -0.1) is 0 Å². The van der Waals surface area contributed by atoms with E-state index in [0.29, 0.717) is 17.4 Å². The molecule has 1 unspecified atom stereocenters. The molecule has 0 bridgehead atoms. The summed E-state index contributed by atoms with van der Waals surface area (Å²) in [6.45, 7) is 7.71. The van der Waals surface area contributed by atoms with Crippen LogP contribution >= 0.6 is 0 Å². The number of anilines is 1. The minimum absolute atomic E-state index is 0.0885. The average Bonchev–Trinajstić information content (AvgIpc) is 2.89. The Morgan fingerprint density at radius 2 is 1.69 bits per heavy atom. The second-order valence-electron chi connectivity index (χ2n) is 8.54. The highest BCUT2D eigenvalue weighted by Crippen LogP contribution is 2.27. The van der Waals surface area contributed by atoms with Crippen molar-refractivity contribution >= 4 is 17.2 Å². The Bertz CT molecular complexity index is 1350. The molecule has 4 rings (SSSR count). The minimum Gasteiger partial charge on any atom is -0.398 e. The molecule has 5 nitrogen and oxygen atoms in total. The van der Waals surface area contributed by atoms with Crippen molar-refractivity contribution in [1.82, 2.24) is 5.32 Å². The molecule has 0 saturated heterocycles. The quantitative estimate of drug-likeness (QED) is 0.179. The van der Waals surface area contributed by atoms with Crippen molar-refractivity contribution in [3.8, 4) is 0 Å². The Labute approximate surface area is 213 Å². The Hall–Kier alpha value is -4.77. The molecule has 3 aromatic rings. The summed E-state index contributed by atoms with van der Waals surface area (Å²) >= 11 is 0. The Morgan fingerprint density at radius 1 is 0.972 bits per heavy atom. The second-order valence-corrected chi connectivity index (χ2v) is 8.54. The largest absolute Gasteiger partial charge is 0.398 e. The molecule has 5 heteroatoms. The molecule has 0 aliphatic carbocycles. The lowest BCUT2D eigenvalue weighted by atomic mass is 9.96. The highest BCUT2D eigenvalue weighted by Gasteiger charge is 2.17. The number of hydrogen-bond donors (Lipinski definition) is 4. The number of dihydropyridines is 1. The lowest BCUT2D eigenvalue weighted by Crippen LogP contribution is -2.24. The third-order valence-electron chi connectivity index (χ3n) is 5.71. The second kappa shape index (κ2) is 11.6. The predicted octanol–water partition coefficient (Wildman–Crippen LogP) is 5.81. The summed E-state index contributed by atoms with van der Waals surface area (Å²) in [6, 6.07) is 28.2. The van der Waals surface area contributed by atoms with Gasteiger partial charge in [-0.05, 0) is 53.0 Å². The molecule has 0 aromatic heterocycles. The summed E-state index contributed by atoms with van der Waals surface area (Å²) in [5, 5.41) is 6.76. The van der Waals surface area contributed by atoms with Gasteiger partial charge < -0.3 is 22.1 Å². The molecule has 0 amide bonds. The highest BCUT2D eigenvalue weighted by molar-refractivity contribution is 5.98. The van der Waals surface area contributed by atoms with Crippen LogP contribution in [0.25, 0.3) is 5.70 Å². The summed E-state index contributed by atoms with van der Waals surface area (Å²) in [4.78, 5) is 4.66. The van der Waals surface area contributed by atoms with E-state index in [4.69, 9.17) is 11.5 Å². The third kappa shape index (κ3) is 6.64. The van der Waals surface area contributed by atoms with Crippen LogP contribution in [0, 0.1) is 0 Å². The number of nitrogens with one attached hydrogen (secondary N) is 2. The van der Waals surface area contributed by atoms with Gasteiger partial charge in [0.05, 0.1) is 6.04 Å². The molecule has 3 aromatic carbocycles. The zero-order chi connectivity index (χ0) is 25.3. The van der Waals surface area contributed by atoms with Crippen LogP contribution in [0.15, 0.2) is 144 Å². The maximum absolute atomic E-state index is 6.28. The van der Waals surface area contributed by atoms with E-state index in [9.17, 15) is 0 Å². The first kappa shape index (κ1) is 24.4. The van der Waals surface area contributed by atoms with Crippen LogP contribution in [0.4, 0.5) is 5.69 Å². The summed E-state index contributed by atoms with van der Waals surface area (Å²) in [7, 11) is 0. The maximum Gasteiger partial charge on any atom is 0.129 e. The van der Waals surface area contributed by atoms with Crippen molar-refractivity contribution in [2.24, 2.45) is 16.5 Å². The van der Waals surface area contributed by atoms with Gasteiger partial charge in [-0.1, -0.05) is 92.0 Å². The fourth-order valence-electron chi connectivity index (χ4n) is 3.96. The number of benzene rings is 3. The smallest absolute Gasteiger partial charge is 0.129 e.